The van der Waals surface area contributed by atoms with Crippen molar-refractivity contribution in [1.82, 2.24) is 0 Å². The largest absolute Gasteiger partial charge is 0.478 e. The van der Waals surface area contributed by atoms with Gasteiger partial charge in [0, 0.05) is 11.1 Å². The molecule has 0 heterocycles. The van der Waals surface area contributed by atoms with Gasteiger partial charge in [-0.15, -0.1) is 0 Å². The molecule has 0 atom stereocenters. The maximum atomic E-state index is 13.8. The molecule has 0 radical (unpaired) electrons. The van der Waals surface area contributed by atoms with Gasteiger partial charge < -0.3 is 5.11 Å². The van der Waals surface area contributed by atoms with Crippen molar-refractivity contribution in [2.75, 3.05) is 0 Å². The summed E-state index contributed by atoms with van der Waals surface area (Å²) in [6, 6.07) is 5.61. The first-order valence-corrected chi connectivity index (χ1v) is 5.39. The SMILES string of the molecule is Cc1ccc(-c2ccc(C(=O)O)cc2F)c(F)c1F. The van der Waals surface area contributed by atoms with Crippen molar-refractivity contribution in [2.24, 2.45) is 0 Å². The van der Waals surface area contributed by atoms with Crippen LogP contribution >= 0.6 is 0 Å². The highest BCUT2D eigenvalue weighted by atomic mass is 19.2. The average molecular weight is 266 g/mol. The number of hydrogen-bond donors (Lipinski definition) is 1. The first kappa shape index (κ1) is 13.1. The first-order chi connectivity index (χ1) is 8.91. The van der Waals surface area contributed by atoms with Gasteiger partial charge in [-0.1, -0.05) is 18.2 Å². The number of aromatic carboxylic acids is 1. The van der Waals surface area contributed by atoms with Crippen molar-refractivity contribution >= 4 is 5.97 Å². The van der Waals surface area contributed by atoms with Crippen molar-refractivity contribution in [3.05, 3.63) is 58.9 Å². The second-order valence-electron chi connectivity index (χ2n) is 4.06. The molecule has 0 aliphatic rings. The van der Waals surface area contributed by atoms with E-state index in [2.05, 4.69) is 0 Å². The van der Waals surface area contributed by atoms with Crippen LogP contribution in [-0.4, -0.2) is 11.1 Å². The first-order valence-electron chi connectivity index (χ1n) is 5.39. The van der Waals surface area contributed by atoms with Crippen LogP contribution in [0.25, 0.3) is 11.1 Å². The molecule has 0 aromatic heterocycles. The van der Waals surface area contributed by atoms with Crippen molar-refractivity contribution in [3.63, 3.8) is 0 Å². The maximum Gasteiger partial charge on any atom is 0.335 e. The maximum absolute atomic E-state index is 13.8. The molecule has 5 heteroatoms. The van der Waals surface area contributed by atoms with E-state index in [9.17, 15) is 18.0 Å². The highest BCUT2D eigenvalue weighted by Gasteiger charge is 2.16. The minimum atomic E-state index is -1.29. The third-order valence-electron chi connectivity index (χ3n) is 2.78. The van der Waals surface area contributed by atoms with Gasteiger partial charge in [-0.05, 0) is 24.6 Å². The summed E-state index contributed by atoms with van der Waals surface area (Å²) in [5.41, 5.74) is -0.558. The number of carboxylic acid groups (broad SMARTS) is 1. The summed E-state index contributed by atoms with van der Waals surface area (Å²) in [5.74, 6) is -4.40. The molecule has 0 saturated heterocycles. The number of rotatable bonds is 2. The molecule has 1 N–H and O–H groups in total. The van der Waals surface area contributed by atoms with Gasteiger partial charge in [-0.2, -0.15) is 0 Å². The van der Waals surface area contributed by atoms with Crippen LogP contribution in [0.4, 0.5) is 13.2 Å². The second kappa shape index (κ2) is 4.76. The van der Waals surface area contributed by atoms with Gasteiger partial charge in [0.25, 0.3) is 0 Å². The number of hydrogen-bond acceptors (Lipinski definition) is 1. The highest BCUT2D eigenvalue weighted by Crippen LogP contribution is 2.28. The lowest BCUT2D eigenvalue weighted by atomic mass is 10.0. The Labute approximate surface area is 107 Å². The molecule has 0 spiro atoms. The fourth-order valence-corrected chi connectivity index (χ4v) is 1.72. The Hall–Kier alpha value is -2.30. The fourth-order valence-electron chi connectivity index (χ4n) is 1.72. The normalized spacial score (nSPS) is 10.5. The third-order valence-corrected chi connectivity index (χ3v) is 2.78. The van der Waals surface area contributed by atoms with Crippen LogP contribution in [0.15, 0.2) is 30.3 Å². The summed E-state index contributed by atoms with van der Waals surface area (Å²) in [4.78, 5) is 10.7. The van der Waals surface area contributed by atoms with Gasteiger partial charge >= 0.3 is 5.97 Å². The summed E-state index contributed by atoms with van der Waals surface area (Å²) < 4.78 is 40.9. The van der Waals surface area contributed by atoms with Crippen LogP contribution < -0.4 is 0 Å². The van der Waals surface area contributed by atoms with E-state index < -0.39 is 23.4 Å². The third kappa shape index (κ3) is 2.31. The quantitative estimate of drug-likeness (QED) is 0.898. The van der Waals surface area contributed by atoms with E-state index in [0.717, 1.165) is 18.2 Å². The molecule has 2 nitrogen and oxygen atoms in total. The van der Waals surface area contributed by atoms with Crippen LogP contribution in [0.5, 0.6) is 0 Å². The van der Waals surface area contributed by atoms with Gasteiger partial charge in [0.15, 0.2) is 11.6 Å². The van der Waals surface area contributed by atoms with E-state index in [0.29, 0.717) is 0 Å². The smallest absolute Gasteiger partial charge is 0.335 e. The Bertz CT molecular complexity index is 666. The van der Waals surface area contributed by atoms with E-state index in [1.165, 1.54) is 19.1 Å². The van der Waals surface area contributed by atoms with E-state index in [1.54, 1.807) is 0 Å². The summed E-state index contributed by atoms with van der Waals surface area (Å²) in [5, 5.41) is 8.71. The summed E-state index contributed by atoms with van der Waals surface area (Å²) in [6.45, 7) is 1.39. The van der Waals surface area contributed by atoms with Crippen LogP contribution in [0.1, 0.15) is 15.9 Å². The molecule has 2 aromatic rings. The zero-order chi connectivity index (χ0) is 14.2. The van der Waals surface area contributed by atoms with Crippen molar-refractivity contribution < 1.29 is 23.1 Å². The molecule has 0 aliphatic heterocycles. The van der Waals surface area contributed by atoms with Gasteiger partial charge in [-0.3, -0.25) is 0 Å². The molecule has 98 valence electrons. The van der Waals surface area contributed by atoms with E-state index in [4.69, 9.17) is 5.11 Å². The van der Waals surface area contributed by atoms with Crippen LogP contribution in [0, 0.1) is 24.4 Å². The standard InChI is InChI=1S/C14H9F3O2/c1-7-2-4-10(13(17)12(7)16)9-5-3-8(14(18)19)6-11(9)15/h2-6H,1H3,(H,18,19). The number of benzene rings is 2. The van der Waals surface area contributed by atoms with E-state index in [-0.39, 0.29) is 22.3 Å². The highest BCUT2D eigenvalue weighted by molar-refractivity contribution is 5.88. The Morgan fingerprint density at radius 3 is 2.21 bits per heavy atom. The number of carboxylic acids is 1. The Morgan fingerprint density at radius 2 is 1.63 bits per heavy atom. The molecule has 0 amide bonds. The molecule has 19 heavy (non-hydrogen) atoms. The van der Waals surface area contributed by atoms with E-state index >= 15 is 0 Å². The lowest BCUT2D eigenvalue weighted by molar-refractivity contribution is 0.0696. The van der Waals surface area contributed by atoms with Crippen LogP contribution in [-0.2, 0) is 0 Å². The van der Waals surface area contributed by atoms with Gasteiger partial charge in [-0.25, -0.2) is 18.0 Å². The van der Waals surface area contributed by atoms with Gasteiger partial charge in [0.1, 0.15) is 5.82 Å². The zero-order valence-electron chi connectivity index (χ0n) is 9.88. The topological polar surface area (TPSA) is 37.3 Å². The monoisotopic (exact) mass is 266 g/mol. The van der Waals surface area contributed by atoms with Crippen LogP contribution in [0.2, 0.25) is 0 Å². The minimum absolute atomic E-state index is 0.115. The molecule has 0 saturated carbocycles. The molecule has 2 aromatic carbocycles. The Kier molecular flexibility index (Phi) is 3.29. The van der Waals surface area contributed by atoms with E-state index in [1.807, 2.05) is 0 Å². The number of aryl methyl sites for hydroxylation is 1. The predicted octanol–water partition coefficient (Wildman–Crippen LogP) is 3.78. The fraction of sp³-hybridized carbons (Fsp3) is 0.0714. The Morgan fingerprint density at radius 1 is 1.00 bits per heavy atom. The molecular formula is C14H9F3O2. The van der Waals surface area contributed by atoms with Gasteiger partial charge in [0.05, 0.1) is 5.56 Å². The van der Waals surface area contributed by atoms with Crippen molar-refractivity contribution in [1.29, 1.82) is 0 Å². The zero-order valence-corrected chi connectivity index (χ0v) is 9.88. The summed E-state index contributed by atoms with van der Waals surface area (Å²) >= 11 is 0. The predicted molar refractivity (Wildman–Crippen MR) is 63.4 cm³/mol. The minimum Gasteiger partial charge on any atom is -0.478 e. The number of carbonyl (C=O) groups is 1. The molecule has 0 aliphatic carbocycles. The Balaban J connectivity index is 2.60. The molecular weight excluding hydrogens is 257 g/mol. The lowest BCUT2D eigenvalue weighted by Gasteiger charge is -2.08. The molecule has 2 rings (SSSR count). The summed E-state index contributed by atoms with van der Waals surface area (Å²) in [7, 11) is 0. The molecule has 0 fully saturated rings. The second-order valence-corrected chi connectivity index (χ2v) is 4.06. The van der Waals surface area contributed by atoms with Gasteiger partial charge in [0.2, 0.25) is 0 Å². The van der Waals surface area contributed by atoms with Crippen LogP contribution in [0.3, 0.4) is 0 Å². The van der Waals surface area contributed by atoms with Crippen molar-refractivity contribution in [2.45, 2.75) is 6.92 Å². The number of halogens is 3. The molecule has 0 bridgehead atoms. The van der Waals surface area contributed by atoms with Crippen molar-refractivity contribution in [3.8, 4) is 11.1 Å². The molecule has 0 unspecified atom stereocenters. The summed E-state index contributed by atoms with van der Waals surface area (Å²) in [6.07, 6.45) is 0. The average Bonchev–Trinajstić information content (AvgIpc) is 2.37. The lowest BCUT2D eigenvalue weighted by Crippen LogP contribution is -1.99.